The number of hydrogen-bond acceptors (Lipinski definition) is 4. The Labute approximate surface area is 148 Å². The molecule has 0 spiro atoms. The number of nitrogens with one attached hydrogen (secondary N) is 1. The summed E-state index contributed by atoms with van der Waals surface area (Å²) in [5, 5.41) is 14.5. The Hall–Kier alpha value is -1.59. The van der Waals surface area contributed by atoms with Gasteiger partial charge in [0.1, 0.15) is 17.3 Å². The van der Waals surface area contributed by atoms with Crippen LogP contribution in [0.25, 0.3) is 5.57 Å². The third-order valence-electron chi connectivity index (χ3n) is 5.99. The zero-order valence-corrected chi connectivity index (χ0v) is 15.2. The minimum Gasteiger partial charge on any atom is -0.496 e. The summed E-state index contributed by atoms with van der Waals surface area (Å²) in [5.41, 5.74) is 1.90. The highest BCUT2D eigenvalue weighted by Crippen LogP contribution is 2.53. The van der Waals surface area contributed by atoms with E-state index in [1.165, 1.54) is 19.2 Å². The maximum Gasteiger partial charge on any atom is 0.204 e. The third-order valence-corrected chi connectivity index (χ3v) is 5.99. The van der Waals surface area contributed by atoms with E-state index in [0.717, 1.165) is 24.0 Å². The van der Waals surface area contributed by atoms with E-state index in [4.69, 9.17) is 9.47 Å². The summed E-state index contributed by atoms with van der Waals surface area (Å²) in [7, 11) is 1.54. The minimum atomic E-state index is -0.969. The molecule has 4 rings (SSSR count). The van der Waals surface area contributed by atoms with E-state index in [1.54, 1.807) is 0 Å². The highest BCUT2D eigenvalue weighted by molar-refractivity contribution is 5.79. The van der Waals surface area contributed by atoms with Crippen molar-refractivity contribution in [3.05, 3.63) is 29.6 Å². The monoisotopic (exact) mass is 347 g/mol. The quantitative estimate of drug-likeness (QED) is 0.818. The van der Waals surface area contributed by atoms with Crippen molar-refractivity contribution < 1.29 is 19.0 Å². The maximum atomic E-state index is 13.8. The standard InChI is InChI=1S/C20H26FNO3/c1-10-9-20(2,3)22-13-6-5-12-17-14(24-4)7-11(21)8-15(17)25-19(23)18(12)16(10)13/h5,7-8,10,13,16,18-19,22-23H,6,9H2,1-4H3/t10?,13-,16?,18+,19?/m0/s1. The fourth-order valence-corrected chi connectivity index (χ4v) is 5.32. The molecule has 2 N–H and O–H groups in total. The smallest absolute Gasteiger partial charge is 0.204 e. The third kappa shape index (κ3) is 2.64. The second kappa shape index (κ2) is 5.71. The molecule has 5 heteroatoms. The van der Waals surface area contributed by atoms with Crippen LogP contribution >= 0.6 is 0 Å². The Morgan fingerprint density at radius 2 is 2.12 bits per heavy atom. The van der Waals surface area contributed by atoms with Crippen molar-refractivity contribution in [2.45, 2.75) is 51.5 Å². The molecule has 1 saturated heterocycles. The number of fused-ring (bicyclic) bond motifs is 5. The Morgan fingerprint density at radius 3 is 2.84 bits per heavy atom. The van der Waals surface area contributed by atoms with Gasteiger partial charge < -0.3 is 19.9 Å². The van der Waals surface area contributed by atoms with Crippen LogP contribution in [0, 0.1) is 23.6 Å². The molecule has 0 bridgehead atoms. The molecule has 0 aromatic heterocycles. The van der Waals surface area contributed by atoms with Crippen LogP contribution in [0.15, 0.2) is 18.2 Å². The number of aliphatic hydroxyl groups excluding tert-OH is 1. The molecular weight excluding hydrogens is 321 g/mol. The van der Waals surface area contributed by atoms with Crippen molar-refractivity contribution in [2.75, 3.05) is 7.11 Å². The van der Waals surface area contributed by atoms with E-state index in [-0.39, 0.29) is 17.4 Å². The van der Waals surface area contributed by atoms with Gasteiger partial charge in [0.15, 0.2) is 0 Å². The predicted molar refractivity (Wildman–Crippen MR) is 93.9 cm³/mol. The average Bonchev–Trinajstić information content (AvgIpc) is 2.52. The van der Waals surface area contributed by atoms with Crippen LogP contribution in [0.3, 0.4) is 0 Å². The van der Waals surface area contributed by atoms with Crippen LogP contribution in [0.5, 0.6) is 11.5 Å². The lowest BCUT2D eigenvalue weighted by atomic mass is 9.62. The number of aliphatic hydroxyl groups is 1. The fourth-order valence-electron chi connectivity index (χ4n) is 5.32. The second-order valence-corrected chi connectivity index (χ2v) is 8.30. The van der Waals surface area contributed by atoms with Crippen molar-refractivity contribution in [3.63, 3.8) is 0 Å². The van der Waals surface area contributed by atoms with Gasteiger partial charge in [-0.25, -0.2) is 4.39 Å². The van der Waals surface area contributed by atoms with Crippen molar-refractivity contribution in [3.8, 4) is 11.5 Å². The highest BCUT2D eigenvalue weighted by Gasteiger charge is 2.50. The number of benzene rings is 1. The molecule has 3 aliphatic rings. The number of piperidine rings is 1. The number of halogens is 1. The van der Waals surface area contributed by atoms with Crippen molar-refractivity contribution in [1.82, 2.24) is 5.32 Å². The highest BCUT2D eigenvalue weighted by atomic mass is 19.1. The van der Waals surface area contributed by atoms with Gasteiger partial charge in [0.25, 0.3) is 0 Å². The Morgan fingerprint density at radius 1 is 1.36 bits per heavy atom. The van der Waals surface area contributed by atoms with Gasteiger partial charge in [0.05, 0.1) is 18.6 Å². The SMILES string of the molecule is COc1cc(F)cc2c1C1=CC[C@@H]3NC(C)(C)CC(C)C3[C@@H]1C(O)O2. The number of ether oxygens (including phenoxy) is 2. The van der Waals surface area contributed by atoms with Crippen molar-refractivity contribution in [2.24, 2.45) is 17.8 Å². The topological polar surface area (TPSA) is 50.7 Å². The second-order valence-electron chi connectivity index (χ2n) is 8.30. The molecule has 0 saturated carbocycles. The number of methoxy groups -OCH3 is 1. The Kier molecular flexibility index (Phi) is 3.85. The first-order valence-electron chi connectivity index (χ1n) is 9.01. The predicted octanol–water partition coefficient (Wildman–Crippen LogP) is 3.34. The van der Waals surface area contributed by atoms with Crippen LogP contribution in [0.4, 0.5) is 4.39 Å². The van der Waals surface area contributed by atoms with Gasteiger partial charge in [-0.05, 0) is 44.1 Å². The molecule has 25 heavy (non-hydrogen) atoms. The summed E-state index contributed by atoms with van der Waals surface area (Å²) >= 11 is 0. The van der Waals surface area contributed by atoms with Gasteiger partial charge >= 0.3 is 0 Å². The first-order chi connectivity index (χ1) is 11.8. The summed E-state index contributed by atoms with van der Waals surface area (Å²) in [6.07, 6.45) is 3.12. The van der Waals surface area contributed by atoms with E-state index in [9.17, 15) is 9.50 Å². The number of hydrogen-bond donors (Lipinski definition) is 2. The van der Waals surface area contributed by atoms with E-state index < -0.39 is 12.1 Å². The number of rotatable bonds is 1. The molecule has 0 radical (unpaired) electrons. The molecule has 4 nitrogen and oxygen atoms in total. The summed E-state index contributed by atoms with van der Waals surface area (Å²) in [6, 6.07) is 3.02. The normalized spacial score (nSPS) is 35.6. The molecule has 2 heterocycles. The molecule has 5 atom stereocenters. The van der Waals surface area contributed by atoms with Crippen LogP contribution in [-0.2, 0) is 0 Å². The lowest BCUT2D eigenvalue weighted by Crippen LogP contribution is -2.61. The average molecular weight is 347 g/mol. The van der Waals surface area contributed by atoms with Gasteiger partial charge in [-0.3, -0.25) is 0 Å². The van der Waals surface area contributed by atoms with Crippen LogP contribution in [0.2, 0.25) is 0 Å². The molecule has 1 fully saturated rings. The lowest BCUT2D eigenvalue weighted by Gasteiger charge is -2.53. The summed E-state index contributed by atoms with van der Waals surface area (Å²) in [5.74, 6) is 0.983. The van der Waals surface area contributed by atoms with E-state index in [1.807, 2.05) is 0 Å². The van der Waals surface area contributed by atoms with Gasteiger partial charge in [0, 0.05) is 23.7 Å². The molecule has 1 aromatic rings. The van der Waals surface area contributed by atoms with Crippen LogP contribution in [0.1, 0.15) is 39.2 Å². The molecule has 2 aliphatic heterocycles. The van der Waals surface area contributed by atoms with Crippen molar-refractivity contribution >= 4 is 5.57 Å². The van der Waals surface area contributed by atoms with Crippen molar-refractivity contribution in [1.29, 1.82) is 0 Å². The van der Waals surface area contributed by atoms with E-state index in [0.29, 0.717) is 23.5 Å². The zero-order chi connectivity index (χ0) is 17.9. The summed E-state index contributed by atoms with van der Waals surface area (Å²) in [4.78, 5) is 0. The van der Waals surface area contributed by atoms with Crippen LogP contribution < -0.4 is 14.8 Å². The van der Waals surface area contributed by atoms with Gasteiger partial charge in [-0.1, -0.05) is 13.0 Å². The Bertz CT molecular complexity index is 730. The molecule has 0 amide bonds. The summed E-state index contributed by atoms with van der Waals surface area (Å²) in [6.45, 7) is 6.72. The van der Waals surface area contributed by atoms with Gasteiger partial charge in [0.2, 0.25) is 6.29 Å². The molecule has 1 aromatic carbocycles. The maximum absolute atomic E-state index is 13.8. The molecular formula is C20H26FNO3. The van der Waals surface area contributed by atoms with E-state index in [2.05, 4.69) is 32.2 Å². The summed E-state index contributed by atoms with van der Waals surface area (Å²) < 4.78 is 25.0. The first-order valence-corrected chi connectivity index (χ1v) is 9.01. The molecule has 1 aliphatic carbocycles. The lowest BCUT2D eigenvalue weighted by molar-refractivity contribution is -0.0899. The minimum absolute atomic E-state index is 0.0884. The molecule has 136 valence electrons. The molecule has 3 unspecified atom stereocenters. The van der Waals surface area contributed by atoms with Crippen LogP contribution in [-0.4, -0.2) is 30.1 Å². The first kappa shape index (κ1) is 16.9. The van der Waals surface area contributed by atoms with Gasteiger partial charge in [-0.15, -0.1) is 0 Å². The van der Waals surface area contributed by atoms with E-state index >= 15 is 0 Å². The Balaban J connectivity index is 1.82. The largest absolute Gasteiger partial charge is 0.496 e. The fraction of sp³-hybridized carbons (Fsp3) is 0.600. The zero-order valence-electron chi connectivity index (χ0n) is 15.2. The van der Waals surface area contributed by atoms with Gasteiger partial charge in [-0.2, -0.15) is 0 Å².